The molecule has 0 fully saturated rings. The maximum absolute atomic E-state index is 13.1. The topological polar surface area (TPSA) is 42.0 Å². The van der Waals surface area contributed by atoms with Crippen LogP contribution < -0.4 is 5.32 Å². The maximum Gasteiger partial charge on any atom is 0.416 e. The third-order valence-corrected chi connectivity index (χ3v) is 5.91. The van der Waals surface area contributed by atoms with Gasteiger partial charge in [-0.2, -0.15) is 13.2 Å². The Morgan fingerprint density at radius 1 is 1.12 bits per heavy atom. The fraction of sp³-hybridized carbons (Fsp3) is 0.222. The lowest BCUT2D eigenvalue weighted by atomic mass is 9.77. The van der Waals surface area contributed by atoms with Crippen molar-refractivity contribution in [3.8, 4) is 0 Å². The number of nitrogens with one attached hydrogen (secondary N) is 1. The van der Waals surface area contributed by atoms with E-state index in [1.165, 1.54) is 28.7 Å². The van der Waals surface area contributed by atoms with Gasteiger partial charge in [0.1, 0.15) is 0 Å². The number of nitrogens with zero attached hydrogens (tertiary/aromatic N) is 1. The fourth-order valence-corrected chi connectivity index (χ4v) is 4.19. The van der Waals surface area contributed by atoms with Crippen LogP contribution in [0.2, 0.25) is 0 Å². The molecule has 3 nitrogen and oxygen atoms in total. The second-order valence-electron chi connectivity index (χ2n) is 5.95. The molecule has 0 spiro atoms. The van der Waals surface area contributed by atoms with Crippen molar-refractivity contribution in [2.24, 2.45) is 0 Å². The Balaban J connectivity index is 1.96. The van der Waals surface area contributed by atoms with E-state index >= 15 is 0 Å². The zero-order valence-electron chi connectivity index (χ0n) is 13.7. The average Bonchev–Trinajstić information content (AvgIpc) is 3.27. The minimum Gasteiger partial charge on any atom is -0.302 e. The van der Waals surface area contributed by atoms with E-state index in [0.717, 1.165) is 17.0 Å². The van der Waals surface area contributed by atoms with Gasteiger partial charge in [-0.3, -0.25) is 4.79 Å². The summed E-state index contributed by atoms with van der Waals surface area (Å²) in [7, 11) is 0. The molecule has 0 saturated carbocycles. The Kier molecular flexibility index (Phi) is 5.15. The van der Waals surface area contributed by atoms with Crippen LogP contribution in [0.15, 0.2) is 53.4 Å². The number of carbonyl (C=O) groups is 1. The zero-order valence-corrected chi connectivity index (χ0v) is 15.3. The summed E-state index contributed by atoms with van der Waals surface area (Å²) in [4.78, 5) is 17.3. The number of alkyl halides is 3. The summed E-state index contributed by atoms with van der Waals surface area (Å²) in [5, 5.41) is 6.75. The van der Waals surface area contributed by atoms with E-state index in [1.54, 1.807) is 24.6 Å². The van der Waals surface area contributed by atoms with E-state index in [1.807, 2.05) is 17.5 Å². The maximum atomic E-state index is 13.1. The second kappa shape index (κ2) is 7.20. The van der Waals surface area contributed by atoms with Gasteiger partial charge in [0, 0.05) is 28.3 Å². The molecule has 3 rings (SSSR count). The Labute approximate surface area is 156 Å². The van der Waals surface area contributed by atoms with Crippen LogP contribution in [0.1, 0.15) is 29.3 Å². The molecule has 0 bridgehead atoms. The van der Waals surface area contributed by atoms with Crippen molar-refractivity contribution in [3.05, 3.63) is 69.4 Å². The quantitative estimate of drug-likeness (QED) is 0.614. The molecule has 1 N–H and O–H groups in total. The number of benzene rings is 1. The highest BCUT2D eigenvalue weighted by atomic mass is 32.1. The number of anilines is 1. The Hall–Kier alpha value is -2.19. The second-order valence-corrected chi connectivity index (χ2v) is 7.79. The first kappa shape index (κ1) is 18.6. The van der Waals surface area contributed by atoms with Gasteiger partial charge in [-0.25, -0.2) is 4.98 Å². The van der Waals surface area contributed by atoms with Gasteiger partial charge in [0.05, 0.1) is 5.56 Å². The van der Waals surface area contributed by atoms with Crippen LogP contribution in [0.25, 0.3) is 0 Å². The predicted molar refractivity (Wildman–Crippen MR) is 97.6 cm³/mol. The third-order valence-electron chi connectivity index (χ3n) is 4.08. The van der Waals surface area contributed by atoms with Crippen LogP contribution in [-0.2, 0) is 16.4 Å². The van der Waals surface area contributed by atoms with Crippen molar-refractivity contribution in [2.75, 3.05) is 5.32 Å². The minimum atomic E-state index is -4.44. The van der Waals surface area contributed by atoms with Gasteiger partial charge in [0.25, 0.3) is 0 Å². The molecule has 0 radical (unpaired) electrons. The molecule has 2 aromatic heterocycles. The number of thiazole rings is 1. The van der Waals surface area contributed by atoms with Gasteiger partial charge in [-0.1, -0.05) is 31.2 Å². The van der Waals surface area contributed by atoms with Crippen molar-refractivity contribution in [1.82, 2.24) is 4.98 Å². The molecule has 1 aromatic carbocycles. The smallest absolute Gasteiger partial charge is 0.302 e. The fourth-order valence-electron chi connectivity index (χ4n) is 2.73. The number of halogens is 3. The minimum absolute atomic E-state index is 0.00834. The van der Waals surface area contributed by atoms with Gasteiger partial charge in [0.2, 0.25) is 5.91 Å². The van der Waals surface area contributed by atoms with Crippen molar-refractivity contribution in [2.45, 2.75) is 24.9 Å². The molecule has 0 aliphatic rings. The molecule has 0 saturated heterocycles. The van der Waals surface area contributed by atoms with Crippen molar-refractivity contribution in [3.63, 3.8) is 0 Å². The first-order valence-electron chi connectivity index (χ1n) is 7.70. The van der Waals surface area contributed by atoms with Crippen molar-refractivity contribution in [1.29, 1.82) is 0 Å². The summed E-state index contributed by atoms with van der Waals surface area (Å²) in [5.41, 5.74) is -1.15. The molecular formula is C18H15F3N2OS2. The molecule has 26 heavy (non-hydrogen) atoms. The summed E-state index contributed by atoms with van der Waals surface area (Å²) >= 11 is 2.70. The molecule has 1 amide bonds. The van der Waals surface area contributed by atoms with Crippen molar-refractivity contribution >= 4 is 33.7 Å². The number of hydrogen-bond donors (Lipinski definition) is 1. The van der Waals surface area contributed by atoms with E-state index in [-0.39, 0.29) is 12.3 Å². The van der Waals surface area contributed by atoms with E-state index in [9.17, 15) is 18.0 Å². The number of carbonyl (C=O) groups excluding carboxylic acids is 1. The highest BCUT2D eigenvalue weighted by Gasteiger charge is 2.36. The molecular weight excluding hydrogens is 381 g/mol. The van der Waals surface area contributed by atoms with Crippen LogP contribution in [0.4, 0.5) is 18.3 Å². The number of hydrogen-bond acceptors (Lipinski definition) is 4. The third kappa shape index (κ3) is 3.96. The Morgan fingerprint density at radius 3 is 2.50 bits per heavy atom. The standard InChI is InChI=1S/C18H15F3N2OS2/c1-17(14-6-3-8-25-14,11-15(24)23-16-22-7-9-26-16)12-4-2-5-13(10-12)18(19,20)21/h2-10H,11H2,1H3,(H,22,23,24). The summed E-state index contributed by atoms with van der Waals surface area (Å²) in [5.74, 6) is -0.298. The molecule has 3 aromatic rings. The molecule has 2 heterocycles. The van der Waals surface area contributed by atoms with E-state index in [4.69, 9.17) is 0 Å². The molecule has 1 unspecified atom stereocenters. The van der Waals surface area contributed by atoms with Crippen LogP contribution in [0.3, 0.4) is 0 Å². The lowest BCUT2D eigenvalue weighted by Crippen LogP contribution is -2.29. The monoisotopic (exact) mass is 396 g/mol. The Morgan fingerprint density at radius 2 is 1.88 bits per heavy atom. The lowest BCUT2D eigenvalue weighted by Gasteiger charge is -2.29. The molecule has 0 aliphatic carbocycles. The molecule has 1 atom stereocenters. The summed E-state index contributed by atoms with van der Waals surface area (Å²) in [6.45, 7) is 1.79. The van der Waals surface area contributed by atoms with Gasteiger partial charge >= 0.3 is 6.18 Å². The average molecular weight is 396 g/mol. The first-order valence-corrected chi connectivity index (χ1v) is 9.46. The van der Waals surface area contributed by atoms with Crippen LogP contribution in [0.5, 0.6) is 0 Å². The first-order chi connectivity index (χ1) is 12.3. The van der Waals surface area contributed by atoms with E-state index in [2.05, 4.69) is 10.3 Å². The molecule has 136 valence electrons. The highest BCUT2D eigenvalue weighted by molar-refractivity contribution is 7.13. The number of rotatable bonds is 5. The summed E-state index contributed by atoms with van der Waals surface area (Å²) in [6, 6.07) is 8.82. The van der Waals surface area contributed by atoms with Crippen LogP contribution in [0, 0.1) is 0 Å². The van der Waals surface area contributed by atoms with Crippen LogP contribution >= 0.6 is 22.7 Å². The van der Waals surface area contributed by atoms with Crippen LogP contribution in [-0.4, -0.2) is 10.9 Å². The predicted octanol–water partition coefficient (Wildman–Crippen LogP) is 5.56. The van der Waals surface area contributed by atoms with Crippen molar-refractivity contribution < 1.29 is 18.0 Å². The van der Waals surface area contributed by atoms with Gasteiger partial charge in [0.15, 0.2) is 5.13 Å². The number of thiophene rings is 1. The summed E-state index contributed by atoms with van der Waals surface area (Å²) < 4.78 is 39.4. The largest absolute Gasteiger partial charge is 0.416 e. The lowest BCUT2D eigenvalue weighted by molar-refractivity contribution is -0.137. The molecule has 0 aliphatic heterocycles. The summed E-state index contributed by atoms with van der Waals surface area (Å²) in [6.07, 6.45) is -2.85. The zero-order chi connectivity index (χ0) is 18.8. The normalized spacial score (nSPS) is 14.0. The van der Waals surface area contributed by atoms with Gasteiger partial charge < -0.3 is 5.32 Å². The number of aromatic nitrogens is 1. The van der Waals surface area contributed by atoms with E-state index < -0.39 is 17.2 Å². The SMILES string of the molecule is CC(CC(=O)Nc1nccs1)(c1cccc(C(F)(F)F)c1)c1cccs1. The van der Waals surface area contributed by atoms with E-state index in [0.29, 0.717) is 10.7 Å². The highest BCUT2D eigenvalue weighted by Crippen LogP contribution is 2.40. The van der Waals surface area contributed by atoms with Gasteiger partial charge in [-0.15, -0.1) is 22.7 Å². The molecule has 8 heteroatoms. The Bertz CT molecular complexity index is 876. The van der Waals surface area contributed by atoms with Gasteiger partial charge in [-0.05, 0) is 23.1 Å². The number of amides is 1.